The number of pyridine rings is 1. The number of aromatic nitrogens is 3. The average Bonchev–Trinajstić information content (AvgIpc) is 2.58. The lowest BCUT2D eigenvalue weighted by Gasteiger charge is -2.33. The van der Waals surface area contributed by atoms with Gasteiger partial charge < -0.3 is 5.32 Å². The zero-order valence-corrected chi connectivity index (χ0v) is 14.0. The Hall–Kier alpha value is -2.01. The molecule has 2 aromatic rings. The molecule has 0 spiro atoms. The molecule has 1 saturated heterocycles. The predicted octanol–water partition coefficient (Wildman–Crippen LogP) is 2.68. The highest BCUT2D eigenvalue weighted by atomic mass is 15.1. The number of hydrogen-bond acceptors (Lipinski definition) is 5. The summed E-state index contributed by atoms with van der Waals surface area (Å²) < 4.78 is 0. The summed E-state index contributed by atoms with van der Waals surface area (Å²) >= 11 is 0. The van der Waals surface area contributed by atoms with E-state index in [1.165, 1.54) is 30.5 Å². The number of nitrogens with zero attached hydrogens (tertiary/aromatic N) is 4. The summed E-state index contributed by atoms with van der Waals surface area (Å²) in [6, 6.07) is 2.09. The molecule has 5 nitrogen and oxygen atoms in total. The number of rotatable bonds is 5. The Kier molecular flexibility index (Phi) is 5.18. The first kappa shape index (κ1) is 15.9. The van der Waals surface area contributed by atoms with Crippen LogP contribution in [0.15, 0.2) is 30.9 Å². The minimum Gasteiger partial charge on any atom is -0.372 e. The van der Waals surface area contributed by atoms with Crippen LogP contribution in [-0.4, -0.2) is 40.0 Å². The minimum absolute atomic E-state index is 0.643. The van der Waals surface area contributed by atoms with Gasteiger partial charge in [-0.15, -0.1) is 0 Å². The van der Waals surface area contributed by atoms with Gasteiger partial charge in [0, 0.05) is 44.9 Å². The third kappa shape index (κ3) is 4.05. The summed E-state index contributed by atoms with van der Waals surface area (Å²) in [5.41, 5.74) is 3.75. The molecule has 1 aliphatic heterocycles. The first-order chi connectivity index (χ1) is 11.3. The van der Waals surface area contributed by atoms with E-state index in [0.717, 1.165) is 31.0 Å². The molecule has 1 aliphatic rings. The van der Waals surface area contributed by atoms with Crippen LogP contribution in [0.1, 0.15) is 29.7 Å². The monoisotopic (exact) mass is 311 g/mol. The van der Waals surface area contributed by atoms with E-state index in [4.69, 9.17) is 0 Å². The highest BCUT2D eigenvalue weighted by molar-refractivity contribution is 5.38. The maximum absolute atomic E-state index is 4.51. The molecule has 0 unspecified atom stereocenters. The van der Waals surface area contributed by atoms with Gasteiger partial charge >= 0.3 is 0 Å². The van der Waals surface area contributed by atoms with Crippen LogP contribution in [-0.2, 0) is 13.0 Å². The Morgan fingerprint density at radius 3 is 2.96 bits per heavy atom. The number of anilines is 1. The van der Waals surface area contributed by atoms with Crippen molar-refractivity contribution in [3.8, 4) is 0 Å². The van der Waals surface area contributed by atoms with Crippen LogP contribution in [0.4, 0.5) is 5.82 Å². The number of aryl methyl sites for hydroxylation is 1. The van der Waals surface area contributed by atoms with Crippen LogP contribution in [0.25, 0.3) is 0 Å². The van der Waals surface area contributed by atoms with Crippen LogP contribution in [0.2, 0.25) is 0 Å². The van der Waals surface area contributed by atoms with Crippen molar-refractivity contribution in [2.24, 2.45) is 5.92 Å². The fourth-order valence-corrected chi connectivity index (χ4v) is 3.36. The lowest BCUT2D eigenvalue weighted by molar-refractivity contribution is 0.166. The van der Waals surface area contributed by atoms with Crippen LogP contribution in [0.3, 0.4) is 0 Å². The van der Waals surface area contributed by atoms with Crippen LogP contribution in [0, 0.1) is 12.8 Å². The van der Waals surface area contributed by atoms with E-state index < -0.39 is 0 Å². The van der Waals surface area contributed by atoms with Crippen LogP contribution in [0.5, 0.6) is 0 Å². The minimum atomic E-state index is 0.643. The second-order valence-corrected chi connectivity index (χ2v) is 6.35. The summed E-state index contributed by atoms with van der Waals surface area (Å²) in [6.45, 7) is 5.45. The zero-order valence-electron chi connectivity index (χ0n) is 14.0. The van der Waals surface area contributed by atoms with Gasteiger partial charge in [0.25, 0.3) is 0 Å². The smallest absolute Gasteiger partial charge is 0.147 e. The molecule has 23 heavy (non-hydrogen) atoms. The highest BCUT2D eigenvalue weighted by Crippen LogP contribution is 2.24. The van der Waals surface area contributed by atoms with Crippen molar-refractivity contribution in [3.63, 3.8) is 0 Å². The normalized spacial score (nSPS) is 18.8. The molecular formula is C18H25N5. The molecule has 122 valence electrons. The predicted molar refractivity (Wildman–Crippen MR) is 92.3 cm³/mol. The van der Waals surface area contributed by atoms with E-state index in [1.807, 2.05) is 19.4 Å². The van der Waals surface area contributed by atoms with E-state index in [-0.39, 0.29) is 0 Å². The quantitative estimate of drug-likeness (QED) is 0.920. The van der Waals surface area contributed by atoms with Crippen molar-refractivity contribution in [1.29, 1.82) is 0 Å². The van der Waals surface area contributed by atoms with E-state index in [2.05, 4.69) is 38.2 Å². The number of piperidine rings is 1. The molecule has 1 fully saturated rings. The largest absolute Gasteiger partial charge is 0.372 e. The lowest BCUT2D eigenvalue weighted by Crippen LogP contribution is -2.36. The Labute approximate surface area is 138 Å². The van der Waals surface area contributed by atoms with Crippen molar-refractivity contribution in [3.05, 3.63) is 47.7 Å². The number of likely N-dealkylation sites (tertiary alicyclic amines) is 1. The first-order valence-electron chi connectivity index (χ1n) is 8.35. The van der Waals surface area contributed by atoms with Crippen molar-refractivity contribution >= 4 is 5.82 Å². The highest BCUT2D eigenvalue weighted by Gasteiger charge is 2.22. The fourth-order valence-electron chi connectivity index (χ4n) is 3.36. The maximum atomic E-state index is 4.51. The third-order valence-corrected chi connectivity index (χ3v) is 4.64. The third-order valence-electron chi connectivity index (χ3n) is 4.64. The topological polar surface area (TPSA) is 53.9 Å². The standard InChI is InChI=1S/C18H25N5/c1-14-5-6-20-11-16(14)13-23-9-3-4-15(12-23)10-17-18(19-2)22-8-7-21-17/h5-8,11,15H,3-4,9-10,12-13H2,1-2H3,(H,19,22)/t15-/m0/s1. The van der Waals surface area contributed by atoms with Gasteiger partial charge in [-0.25, -0.2) is 4.98 Å². The molecule has 0 amide bonds. The molecule has 5 heteroatoms. The van der Waals surface area contributed by atoms with Crippen molar-refractivity contribution < 1.29 is 0 Å². The summed E-state index contributed by atoms with van der Waals surface area (Å²) in [5.74, 6) is 1.55. The summed E-state index contributed by atoms with van der Waals surface area (Å²) in [5, 5.41) is 3.15. The fraction of sp³-hybridized carbons (Fsp3) is 0.500. The van der Waals surface area contributed by atoms with Crippen molar-refractivity contribution in [2.75, 3.05) is 25.5 Å². The summed E-state index contributed by atoms with van der Waals surface area (Å²) in [4.78, 5) is 15.7. The second-order valence-electron chi connectivity index (χ2n) is 6.35. The molecule has 0 saturated carbocycles. The Balaban J connectivity index is 1.63. The molecule has 0 aromatic carbocycles. The molecule has 3 rings (SSSR count). The van der Waals surface area contributed by atoms with Crippen molar-refractivity contribution in [2.45, 2.75) is 32.7 Å². The first-order valence-corrected chi connectivity index (χ1v) is 8.35. The molecule has 0 aliphatic carbocycles. The van der Waals surface area contributed by atoms with Crippen LogP contribution < -0.4 is 5.32 Å². The average molecular weight is 311 g/mol. The molecule has 0 bridgehead atoms. The van der Waals surface area contributed by atoms with E-state index in [9.17, 15) is 0 Å². The van der Waals surface area contributed by atoms with Gasteiger partial charge in [-0.1, -0.05) is 0 Å². The Morgan fingerprint density at radius 2 is 2.13 bits per heavy atom. The molecule has 1 atom stereocenters. The maximum Gasteiger partial charge on any atom is 0.147 e. The summed E-state index contributed by atoms with van der Waals surface area (Å²) in [6.07, 6.45) is 10.9. The van der Waals surface area contributed by atoms with Crippen LogP contribution >= 0.6 is 0 Å². The van der Waals surface area contributed by atoms with Crippen molar-refractivity contribution in [1.82, 2.24) is 19.9 Å². The molecule has 3 heterocycles. The van der Waals surface area contributed by atoms with E-state index in [1.54, 1.807) is 12.4 Å². The van der Waals surface area contributed by atoms with Gasteiger partial charge in [-0.2, -0.15) is 0 Å². The number of hydrogen-bond donors (Lipinski definition) is 1. The molecule has 0 radical (unpaired) electrons. The Morgan fingerprint density at radius 1 is 1.26 bits per heavy atom. The van der Waals surface area contributed by atoms with Gasteiger partial charge in [-0.05, 0) is 55.8 Å². The molecular weight excluding hydrogens is 286 g/mol. The van der Waals surface area contributed by atoms with Gasteiger partial charge in [0.05, 0.1) is 5.69 Å². The zero-order chi connectivity index (χ0) is 16.1. The van der Waals surface area contributed by atoms with E-state index >= 15 is 0 Å². The van der Waals surface area contributed by atoms with E-state index in [0.29, 0.717) is 5.92 Å². The second kappa shape index (κ2) is 7.51. The SMILES string of the molecule is CNc1nccnc1C[C@@H]1CCCN(Cc2cnccc2C)C1. The summed E-state index contributed by atoms with van der Waals surface area (Å²) in [7, 11) is 1.91. The van der Waals surface area contributed by atoms with Gasteiger partial charge in [0.15, 0.2) is 0 Å². The molecule has 1 N–H and O–H groups in total. The lowest BCUT2D eigenvalue weighted by atomic mass is 9.92. The number of nitrogens with one attached hydrogen (secondary N) is 1. The van der Waals surface area contributed by atoms with Gasteiger partial charge in [-0.3, -0.25) is 14.9 Å². The van der Waals surface area contributed by atoms with Gasteiger partial charge in [0.2, 0.25) is 0 Å². The Bertz CT molecular complexity index is 643. The van der Waals surface area contributed by atoms with Gasteiger partial charge in [0.1, 0.15) is 5.82 Å². The molecule has 2 aromatic heterocycles.